The Kier molecular flexibility index (Phi) is 5.58. The van der Waals surface area contributed by atoms with Crippen LogP contribution < -0.4 is 17.0 Å². The van der Waals surface area contributed by atoms with Crippen LogP contribution in [0.1, 0.15) is 16.7 Å². The number of aromatic nitrogens is 3. The van der Waals surface area contributed by atoms with Crippen molar-refractivity contribution >= 4 is 11.6 Å². The molecule has 0 amide bonds. The first kappa shape index (κ1) is 16.5. The fourth-order valence-electron chi connectivity index (χ4n) is 2.29. The van der Waals surface area contributed by atoms with Crippen LogP contribution in [0.5, 0.6) is 0 Å². The summed E-state index contributed by atoms with van der Waals surface area (Å²) in [5, 5.41) is 5.16. The summed E-state index contributed by atoms with van der Waals surface area (Å²) in [4.78, 5) is 0. The van der Waals surface area contributed by atoms with Gasteiger partial charge in [-0.3, -0.25) is 0 Å². The van der Waals surface area contributed by atoms with Crippen molar-refractivity contribution in [3.8, 4) is 0 Å². The summed E-state index contributed by atoms with van der Waals surface area (Å²) in [5.41, 5.74) is 3.80. The predicted octanol–water partition coefficient (Wildman–Crippen LogP) is 0.233. The minimum absolute atomic E-state index is 0. The van der Waals surface area contributed by atoms with Crippen molar-refractivity contribution in [1.82, 2.24) is 9.78 Å². The van der Waals surface area contributed by atoms with Gasteiger partial charge in [-0.1, -0.05) is 48.0 Å². The van der Waals surface area contributed by atoms with Crippen molar-refractivity contribution in [1.29, 1.82) is 0 Å². The summed E-state index contributed by atoms with van der Waals surface area (Å²) in [5.74, 6) is 0. The maximum absolute atomic E-state index is 5.90. The molecule has 0 N–H and O–H groups in total. The van der Waals surface area contributed by atoms with E-state index in [9.17, 15) is 0 Å². The van der Waals surface area contributed by atoms with Gasteiger partial charge in [0.15, 0.2) is 0 Å². The highest BCUT2D eigenvalue weighted by atomic mass is 35.5. The van der Waals surface area contributed by atoms with Crippen LogP contribution in [-0.4, -0.2) is 9.78 Å². The highest BCUT2D eigenvalue weighted by molar-refractivity contribution is 6.30. The number of aryl methyl sites for hydroxylation is 1. The lowest BCUT2D eigenvalue weighted by atomic mass is 10.1. The maximum atomic E-state index is 5.90. The molecule has 0 saturated heterocycles. The van der Waals surface area contributed by atoms with Gasteiger partial charge >= 0.3 is 0 Å². The highest BCUT2D eigenvalue weighted by Gasteiger charge is 2.08. The van der Waals surface area contributed by atoms with Crippen molar-refractivity contribution in [2.45, 2.75) is 20.0 Å². The Bertz CT molecular complexity index is 736. The topological polar surface area (TPSA) is 21.7 Å². The Morgan fingerprint density at radius 2 is 1.82 bits per heavy atom. The molecule has 0 fully saturated rings. The number of benzene rings is 2. The van der Waals surface area contributed by atoms with Crippen LogP contribution in [0, 0.1) is 6.92 Å². The third-order valence-corrected chi connectivity index (χ3v) is 3.75. The van der Waals surface area contributed by atoms with E-state index in [1.165, 1.54) is 16.7 Å². The zero-order valence-electron chi connectivity index (χ0n) is 12.3. The minimum atomic E-state index is 0. The first-order valence-corrected chi connectivity index (χ1v) is 7.29. The lowest BCUT2D eigenvalue weighted by Crippen LogP contribution is -3.00. The average molecular weight is 334 g/mol. The Morgan fingerprint density at radius 1 is 1.09 bits per heavy atom. The quantitative estimate of drug-likeness (QED) is 0.626. The molecule has 0 saturated carbocycles. The van der Waals surface area contributed by atoms with Crippen LogP contribution >= 0.6 is 11.6 Å². The lowest BCUT2D eigenvalue weighted by Gasteiger charge is -2.02. The van der Waals surface area contributed by atoms with Gasteiger partial charge in [0.2, 0.25) is 6.33 Å². The highest BCUT2D eigenvalue weighted by Crippen LogP contribution is 2.10. The second kappa shape index (κ2) is 7.43. The second-order valence-corrected chi connectivity index (χ2v) is 5.61. The molecule has 114 valence electrons. The van der Waals surface area contributed by atoms with Gasteiger partial charge in [-0.05, 0) is 35.7 Å². The largest absolute Gasteiger partial charge is 1.00 e. The summed E-state index contributed by atoms with van der Waals surface area (Å²) in [6.45, 7) is 3.72. The molecule has 1 heterocycles. The van der Waals surface area contributed by atoms with E-state index in [2.05, 4.69) is 40.9 Å². The fraction of sp³-hybridized carbons (Fsp3) is 0.176. The standard InChI is InChI=1S/C17H17ClN3.ClH/c1-14-4-2-3-5-16(14)11-20-12-19-21(13-20)10-15-6-8-17(18)9-7-15;/h2-9,12-13H,10-11H2,1H3;1H/q+1;/p-1. The molecule has 0 aliphatic rings. The van der Waals surface area contributed by atoms with Crippen molar-refractivity contribution in [3.05, 3.63) is 82.9 Å². The number of hydrogen-bond donors (Lipinski definition) is 0. The first-order valence-electron chi connectivity index (χ1n) is 6.91. The molecular formula is C17H17Cl2N3. The molecule has 2 aromatic carbocycles. The van der Waals surface area contributed by atoms with Crippen LogP contribution in [0.2, 0.25) is 5.02 Å². The zero-order valence-corrected chi connectivity index (χ0v) is 13.8. The smallest absolute Gasteiger partial charge is 0.265 e. The third kappa shape index (κ3) is 4.09. The third-order valence-electron chi connectivity index (χ3n) is 3.50. The predicted molar refractivity (Wildman–Crippen MR) is 83.3 cm³/mol. The van der Waals surface area contributed by atoms with E-state index >= 15 is 0 Å². The molecule has 0 aliphatic heterocycles. The molecule has 3 rings (SSSR count). The zero-order chi connectivity index (χ0) is 14.7. The van der Waals surface area contributed by atoms with Gasteiger partial charge in [0.05, 0.1) is 6.54 Å². The van der Waals surface area contributed by atoms with E-state index in [0.717, 1.165) is 18.1 Å². The molecule has 22 heavy (non-hydrogen) atoms. The van der Waals surface area contributed by atoms with Crippen LogP contribution in [0.25, 0.3) is 0 Å². The van der Waals surface area contributed by atoms with E-state index in [1.807, 2.05) is 41.6 Å². The van der Waals surface area contributed by atoms with Gasteiger partial charge < -0.3 is 12.4 Å². The van der Waals surface area contributed by atoms with E-state index in [4.69, 9.17) is 11.6 Å². The minimum Gasteiger partial charge on any atom is -1.00 e. The summed E-state index contributed by atoms with van der Waals surface area (Å²) in [6.07, 6.45) is 3.89. The fourth-order valence-corrected chi connectivity index (χ4v) is 2.41. The van der Waals surface area contributed by atoms with Crippen LogP contribution in [0.15, 0.2) is 61.2 Å². The Balaban J connectivity index is 0.00000176. The monoisotopic (exact) mass is 333 g/mol. The van der Waals surface area contributed by atoms with Gasteiger partial charge in [0.1, 0.15) is 6.54 Å². The van der Waals surface area contributed by atoms with Gasteiger partial charge in [-0.15, -0.1) is 4.68 Å². The number of rotatable bonds is 4. The molecule has 0 unspecified atom stereocenters. The Morgan fingerprint density at radius 3 is 2.55 bits per heavy atom. The van der Waals surface area contributed by atoms with E-state index in [0.29, 0.717) is 0 Å². The molecule has 0 aliphatic carbocycles. The van der Waals surface area contributed by atoms with Crippen molar-refractivity contribution in [2.75, 3.05) is 0 Å². The van der Waals surface area contributed by atoms with Gasteiger partial charge in [0, 0.05) is 10.1 Å². The van der Waals surface area contributed by atoms with E-state index in [-0.39, 0.29) is 12.4 Å². The van der Waals surface area contributed by atoms with Gasteiger partial charge in [-0.25, -0.2) is 4.57 Å². The normalized spacial score (nSPS) is 10.3. The molecule has 0 spiro atoms. The van der Waals surface area contributed by atoms with Crippen LogP contribution in [0.4, 0.5) is 0 Å². The molecular weight excluding hydrogens is 317 g/mol. The SMILES string of the molecule is Cc1ccccc1C[n+]1cnn(Cc2ccc(Cl)cc2)c1.[Cl-]. The number of hydrogen-bond acceptors (Lipinski definition) is 1. The molecule has 5 heteroatoms. The average Bonchev–Trinajstić information content (AvgIpc) is 2.91. The van der Waals surface area contributed by atoms with Crippen molar-refractivity contribution in [3.63, 3.8) is 0 Å². The maximum Gasteiger partial charge on any atom is 0.265 e. The Labute approximate surface area is 141 Å². The number of nitrogens with zero attached hydrogens (tertiary/aromatic N) is 3. The molecule has 0 atom stereocenters. The van der Waals surface area contributed by atoms with Crippen LogP contribution in [0.3, 0.4) is 0 Å². The van der Waals surface area contributed by atoms with Crippen LogP contribution in [-0.2, 0) is 13.1 Å². The van der Waals surface area contributed by atoms with Gasteiger partial charge in [0.25, 0.3) is 6.33 Å². The van der Waals surface area contributed by atoms with E-state index < -0.39 is 0 Å². The molecule has 3 nitrogen and oxygen atoms in total. The number of halogens is 2. The summed E-state index contributed by atoms with van der Waals surface area (Å²) in [6, 6.07) is 16.3. The summed E-state index contributed by atoms with van der Waals surface area (Å²) >= 11 is 5.90. The second-order valence-electron chi connectivity index (χ2n) is 5.17. The van der Waals surface area contributed by atoms with Crippen molar-refractivity contribution < 1.29 is 17.0 Å². The lowest BCUT2D eigenvalue weighted by molar-refractivity contribution is -0.689. The molecule has 0 bridgehead atoms. The summed E-state index contributed by atoms with van der Waals surface area (Å²) < 4.78 is 4.03. The van der Waals surface area contributed by atoms with E-state index in [1.54, 1.807) is 0 Å². The Hall–Kier alpha value is -1.84. The molecule has 0 radical (unpaired) electrons. The van der Waals surface area contributed by atoms with Crippen molar-refractivity contribution in [2.24, 2.45) is 0 Å². The first-order chi connectivity index (χ1) is 10.2. The molecule has 1 aromatic heterocycles. The van der Waals surface area contributed by atoms with Gasteiger partial charge in [-0.2, -0.15) is 0 Å². The summed E-state index contributed by atoms with van der Waals surface area (Å²) in [7, 11) is 0. The molecule has 3 aromatic rings.